The molecule has 1 aromatic carbocycles. The summed E-state index contributed by atoms with van der Waals surface area (Å²) in [5.74, 6) is 1.17. The lowest BCUT2D eigenvalue weighted by atomic mass is 10.1. The highest BCUT2D eigenvalue weighted by Gasteiger charge is 2.28. The van der Waals surface area contributed by atoms with Gasteiger partial charge in [-0.05, 0) is 35.7 Å². The Hall–Kier alpha value is -1.36. The first-order chi connectivity index (χ1) is 9.69. The number of carbonyl (C=O) groups excluding carboxylic acids is 1. The molecule has 2 rings (SSSR count). The maximum Gasteiger partial charge on any atom is 0.222 e. The molecule has 0 N–H and O–H groups in total. The smallest absolute Gasteiger partial charge is 0.222 e. The number of carbonyl (C=O) groups is 1. The van der Waals surface area contributed by atoms with Crippen LogP contribution in [0.2, 0.25) is 5.02 Å². The average Bonchev–Trinajstić information content (AvgIpc) is 2.79. The van der Waals surface area contributed by atoms with Gasteiger partial charge in [0.15, 0.2) is 0 Å². The van der Waals surface area contributed by atoms with Crippen LogP contribution in [0.15, 0.2) is 34.3 Å². The number of likely N-dealkylation sites (tertiary alicyclic amines) is 1. The quantitative estimate of drug-likeness (QED) is 0.349. The lowest BCUT2D eigenvalue weighted by molar-refractivity contribution is -0.127. The van der Waals surface area contributed by atoms with Gasteiger partial charge in [-0.3, -0.25) is 4.79 Å². The Morgan fingerprint density at radius 3 is 2.90 bits per heavy atom. The van der Waals surface area contributed by atoms with Crippen molar-refractivity contribution < 1.29 is 4.79 Å². The molecule has 5 nitrogen and oxygen atoms in total. The van der Waals surface area contributed by atoms with Crippen LogP contribution in [0.5, 0.6) is 0 Å². The number of azide groups is 1. The van der Waals surface area contributed by atoms with Crippen molar-refractivity contribution in [1.29, 1.82) is 0 Å². The number of amides is 1. The minimum absolute atomic E-state index is 0.153. The highest BCUT2D eigenvalue weighted by molar-refractivity contribution is 7.99. The molecule has 0 radical (unpaired) electrons. The molecule has 0 aromatic heterocycles. The Morgan fingerprint density at radius 1 is 1.45 bits per heavy atom. The molecule has 7 heteroatoms. The predicted molar refractivity (Wildman–Crippen MR) is 80.9 cm³/mol. The molecule has 0 bridgehead atoms. The van der Waals surface area contributed by atoms with Gasteiger partial charge in [-0.2, -0.15) is 0 Å². The van der Waals surface area contributed by atoms with Gasteiger partial charge in [0.1, 0.15) is 0 Å². The fourth-order valence-corrected chi connectivity index (χ4v) is 3.15. The van der Waals surface area contributed by atoms with E-state index in [-0.39, 0.29) is 11.8 Å². The van der Waals surface area contributed by atoms with Gasteiger partial charge in [0, 0.05) is 46.6 Å². The number of halogens is 1. The van der Waals surface area contributed by atoms with Crippen molar-refractivity contribution in [2.75, 3.05) is 25.4 Å². The lowest BCUT2D eigenvalue weighted by Crippen LogP contribution is -2.27. The van der Waals surface area contributed by atoms with Crippen LogP contribution in [0.25, 0.3) is 10.4 Å². The van der Waals surface area contributed by atoms with Crippen molar-refractivity contribution in [3.8, 4) is 0 Å². The van der Waals surface area contributed by atoms with E-state index in [0.717, 1.165) is 22.2 Å². The van der Waals surface area contributed by atoms with Crippen molar-refractivity contribution in [3.05, 3.63) is 39.7 Å². The van der Waals surface area contributed by atoms with Crippen LogP contribution in [-0.2, 0) is 4.79 Å². The van der Waals surface area contributed by atoms with Gasteiger partial charge in [-0.15, -0.1) is 11.8 Å². The molecule has 106 valence electrons. The van der Waals surface area contributed by atoms with Gasteiger partial charge in [-0.1, -0.05) is 16.7 Å². The fourth-order valence-electron chi connectivity index (χ4n) is 2.15. The Labute approximate surface area is 126 Å². The summed E-state index contributed by atoms with van der Waals surface area (Å²) in [4.78, 5) is 17.5. The molecule has 1 saturated heterocycles. The van der Waals surface area contributed by atoms with E-state index in [4.69, 9.17) is 17.1 Å². The SMILES string of the molecule is [N-]=[N+]=NCC1CC(=O)N(CCSc2ccc(Cl)cc2)C1. The number of benzene rings is 1. The van der Waals surface area contributed by atoms with Crippen molar-refractivity contribution in [3.63, 3.8) is 0 Å². The Balaban J connectivity index is 1.75. The van der Waals surface area contributed by atoms with Crippen LogP contribution < -0.4 is 0 Å². The van der Waals surface area contributed by atoms with Crippen molar-refractivity contribution in [2.45, 2.75) is 11.3 Å². The highest BCUT2D eigenvalue weighted by atomic mass is 35.5. The summed E-state index contributed by atoms with van der Waals surface area (Å²) < 4.78 is 0. The highest BCUT2D eigenvalue weighted by Crippen LogP contribution is 2.22. The standard InChI is InChI=1S/C13H15ClN4OS/c14-11-1-3-12(4-2-11)20-6-5-18-9-10(7-13(18)19)8-16-17-15/h1-4,10H,5-9H2. The van der Waals surface area contributed by atoms with E-state index >= 15 is 0 Å². The summed E-state index contributed by atoms with van der Waals surface area (Å²) in [5, 5.41) is 4.27. The second kappa shape index (κ2) is 7.43. The van der Waals surface area contributed by atoms with Crippen molar-refractivity contribution in [2.24, 2.45) is 11.0 Å². The zero-order valence-corrected chi connectivity index (χ0v) is 12.5. The van der Waals surface area contributed by atoms with Crippen LogP contribution in [0.4, 0.5) is 0 Å². The van der Waals surface area contributed by atoms with E-state index in [2.05, 4.69) is 10.0 Å². The van der Waals surface area contributed by atoms with E-state index in [1.807, 2.05) is 29.2 Å². The van der Waals surface area contributed by atoms with Gasteiger partial charge in [-0.25, -0.2) is 0 Å². The lowest BCUT2D eigenvalue weighted by Gasteiger charge is -2.15. The molecule has 1 atom stereocenters. The van der Waals surface area contributed by atoms with Gasteiger partial charge in [0.25, 0.3) is 0 Å². The zero-order chi connectivity index (χ0) is 14.4. The van der Waals surface area contributed by atoms with Crippen molar-refractivity contribution in [1.82, 2.24) is 4.90 Å². The topological polar surface area (TPSA) is 69.1 Å². The fraction of sp³-hybridized carbons (Fsp3) is 0.462. The number of hydrogen-bond acceptors (Lipinski definition) is 3. The third-order valence-corrected chi connectivity index (χ3v) is 4.39. The van der Waals surface area contributed by atoms with E-state index in [9.17, 15) is 4.79 Å². The Morgan fingerprint density at radius 2 is 2.20 bits per heavy atom. The van der Waals surface area contributed by atoms with Crippen LogP contribution in [0.3, 0.4) is 0 Å². The molecule has 0 saturated carbocycles. The van der Waals surface area contributed by atoms with Crippen LogP contribution in [-0.4, -0.2) is 36.2 Å². The largest absolute Gasteiger partial charge is 0.342 e. The Kier molecular flexibility index (Phi) is 5.59. The molecule has 1 aromatic rings. The predicted octanol–water partition coefficient (Wildman–Crippen LogP) is 3.59. The molecular formula is C13H15ClN4OS. The third-order valence-electron chi connectivity index (χ3n) is 3.14. The molecule has 0 spiro atoms. The normalized spacial score (nSPS) is 18.1. The van der Waals surface area contributed by atoms with Crippen LogP contribution in [0.1, 0.15) is 6.42 Å². The molecule has 1 amide bonds. The maximum absolute atomic E-state index is 11.8. The zero-order valence-electron chi connectivity index (χ0n) is 10.9. The summed E-state index contributed by atoms with van der Waals surface area (Å²) >= 11 is 7.53. The third kappa shape index (κ3) is 4.34. The second-order valence-electron chi connectivity index (χ2n) is 4.63. The molecule has 1 aliphatic heterocycles. The number of thioether (sulfide) groups is 1. The average molecular weight is 311 g/mol. The number of nitrogens with zero attached hydrogens (tertiary/aromatic N) is 4. The van der Waals surface area contributed by atoms with E-state index in [1.165, 1.54) is 0 Å². The van der Waals surface area contributed by atoms with Gasteiger partial charge < -0.3 is 4.90 Å². The minimum Gasteiger partial charge on any atom is -0.342 e. The summed E-state index contributed by atoms with van der Waals surface area (Å²) in [7, 11) is 0. The first-order valence-electron chi connectivity index (χ1n) is 6.36. The van der Waals surface area contributed by atoms with Crippen LogP contribution >= 0.6 is 23.4 Å². The first-order valence-corrected chi connectivity index (χ1v) is 7.72. The molecule has 1 fully saturated rings. The molecule has 1 aliphatic rings. The van der Waals surface area contributed by atoms with Crippen LogP contribution in [0, 0.1) is 5.92 Å². The van der Waals surface area contributed by atoms with Gasteiger partial charge >= 0.3 is 0 Å². The molecule has 0 aliphatic carbocycles. The molecular weight excluding hydrogens is 296 g/mol. The summed E-state index contributed by atoms with van der Waals surface area (Å²) in [6.07, 6.45) is 0.491. The number of rotatable bonds is 6. The van der Waals surface area contributed by atoms with Crippen molar-refractivity contribution >= 4 is 29.3 Å². The van der Waals surface area contributed by atoms with Gasteiger partial charge in [0.05, 0.1) is 0 Å². The summed E-state index contributed by atoms with van der Waals surface area (Å²) in [5.41, 5.74) is 8.29. The maximum atomic E-state index is 11.8. The molecule has 1 unspecified atom stereocenters. The Bertz CT molecular complexity index is 516. The molecule has 20 heavy (non-hydrogen) atoms. The first kappa shape index (κ1) is 15.0. The minimum atomic E-state index is 0.153. The van der Waals surface area contributed by atoms with E-state index < -0.39 is 0 Å². The van der Waals surface area contributed by atoms with E-state index in [1.54, 1.807) is 11.8 Å². The summed E-state index contributed by atoms with van der Waals surface area (Å²) in [6, 6.07) is 7.67. The van der Waals surface area contributed by atoms with Gasteiger partial charge in [0.2, 0.25) is 5.91 Å². The van der Waals surface area contributed by atoms with E-state index in [0.29, 0.717) is 19.5 Å². The second-order valence-corrected chi connectivity index (χ2v) is 6.23. The summed E-state index contributed by atoms with van der Waals surface area (Å²) in [6.45, 7) is 1.82. The monoisotopic (exact) mass is 310 g/mol. The number of hydrogen-bond donors (Lipinski definition) is 0. The molecule has 1 heterocycles.